The van der Waals surface area contributed by atoms with E-state index in [-0.39, 0.29) is 11.9 Å². The normalized spacial score (nSPS) is 17.3. The van der Waals surface area contributed by atoms with E-state index < -0.39 is 0 Å². The SMILES string of the molecule is CC1CNc2cc(Cc3ccc(F)cc3)cnc2O1. The van der Waals surface area contributed by atoms with E-state index in [1.54, 1.807) is 12.1 Å². The van der Waals surface area contributed by atoms with Gasteiger partial charge >= 0.3 is 0 Å². The Hall–Kier alpha value is -2.10. The summed E-state index contributed by atoms with van der Waals surface area (Å²) in [4.78, 5) is 4.32. The summed E-state index contributed by atoms with van der Waals surface area (Å²) in [6.07, 6.45) is 2.68. The van der Waals surface area contributed by atoms with Crippen LogP contribution >= 0.6 is 0 Å². The Bertz CT molecular complexity index is 583. The molecule has 4 heteroatoms. The van der Waals surface area contributed by atoms with E-state index in [2.05, 4.69) is 10.3 Å². The number of nitrogens with one attached hydrogen (secondary N) is 1. The van der Waals surface area contributed by atoms with Crippen molar-refractivity contribution < 1.29 is 9.13 Å². The first-order valence-corrected chi connectivity index (χ1v) is 6.34. The highest BCUT2D eigenvalue weighted by atomic mass is 19.1. The van der Waals surface area contributed by atoms with Gasteiger partial charge in [0.25, 0.3) is 0 Å². The number of fused-ring (bicyclic) bond motifs is 1. The number of hydrogen-bond donors (Lipinski definition) is 1. The van der Waals surface area contributed by atoms with Gasteiger partial charge in [0.2, 0.25) is 5.88 Å². The van der Waals surface area contributed by atoms with Crippen LogP contribution in [0.2, 0.25) is 0 Å². The first-order chi connectivity index (χ1) is 9.20. The van der Waals surface area contributed by atoms with Crippen molar-refractivity contribution >= 4 is 5.69 Å². The number of halogens is 1. The quantitative estimate of drug-likeness (QED) is 0.899. The van der Waals surface area contributed by atoms with E-state index in [9.17, 15) is 4.39 Å². The number of rotatable bonds is 2. The highest BCUT2D eigenvalue weighted by Crippen LogP contribution is 2.27. The van der Waals surface area contributed by atoms with Crippen molar-refractivity contribution in [2.75, 3.05) is 11.9 Å². The molecular weight excluding hydrogens is 243 g/mol. The number of aromatic nitrogens is 1. The van der Waals surface area contributed by atoms with E-state index in [1.807, 2.05) is 19.2 Å². The topological polar surface area (TPSA) is 34.2 Å². The molecule has 3 nitrogen and oxygen atoms in total. The van der Waals surface area contributed by atoms with Gasteiger partial charge in [0, 0.05) is 6.20 Å². The van der Waals surface area contributed by atoms with Crippen LogP contribution in [-0.2, 0) is 6.42 Å². The second-order valence-electron chi connectivity index (χ2n) is 4.81. The molecule has 19 heavy (non-hydrogen) atoms. The van der Waals surface area contributed by atoms with Crippen molar-refractivity contribution in [2.45, 2.75) is 19.4 Å². The minimum Gasteiger partial charge on any atom is -0.471 e. The highest BCUT2D eigenvalue weighted by molar-refractivity contribution is 5.56. The fourth-order valence-electron chi connectivity index (χ4n) is 2.14. The first kappa shape index (κ1) is 12.0. The number of pyridine rings is 1. The molecule has 0 spiro atoms. The molecule has 1 aromatic carbocycles. The highest BCUT2D eigenvalue weighted by Gasteiger charge is 2.16. The van der Waals surface area contributed by atoms with Crippen LogP contribution in [0.25, 0.3) is 0 Å². The molecule has 0 radical (unpaired) electrons. The molecule has 0 aliphatic carbocycles. The minimum atomic E-state index is -0.212. The average Bonchev–Trinajstić information content (AvgIpc) is 2.42. The molecule has 1 unspecified atom stereocenters. The first-order valence-electron chi connectivity index (χ1n) is 6.34. The van der Waals surface area contributed by atoms with Gasteiger partial charge < -0.3 is 10.1 Å². The summed E-state index contributed by atoms with van der Waals surface area (Å²) < 4.78 is 18.5. The fourth-order valence-corrected chi connectivity index (χ4v) is 2.14. The van der Waals surface area contributed by atoms with Crippen LogP contribution in [0.5, 0.6) is 5.88 Å². The summed E-state index contributed by atoms with van der Waals surface area (Å²) in [6, 6.07) is 8.58. The average molecular weight is 258 g/mol. The Morgan fingerprint density at radius 2 is 2.11 bits per heavy atom. The molecule has 98 valence electrons. The number of hydrogen-bond acceptors (Lipinski definition) is 3. The van der Waals surface area contributed by atoms with E-state index in [4.69, 9.17) is 4.74 Å². The largest absolute Gasteiger partial charge is 0.471 e. The molecule has 1 N–H and O–H groups in total. The van der Waals surface area contributed by atoms with Gasteiger partial charge in [-0.25, -0.2) is 9.37 Å². The van der Waals surface area contributed by atoms with E-state index in [0.717, 1.165) is 29.8 Å². The maximum absolute atomic E-state index is 12.8. The summed E-state index contributed by atoms with van der Waals surface area (Å²) in [5.74, 6) is 0.443. The zero-order valence-electron chi connectivity index (χ0n) is 10.7. The lowest BCUT2D eigenvalue weighted by Crippen LogP contribution is -2.28. The molecule has 3 rings (SSSR count). The van der Waals surface area contributed by atoms with Gasteiger partial charge in [0.15, 0.2) is 0 Å². The number of anilines is 1. The number of ether oxygens (including phenoxy) is 1. The van der Waals surface area contributed by atoms with Crippen LogP contribution in [-0.4, -0.2) is 17.6 Å². The van der Waals surface area contributed by atoms with Crippen LogP contribution in [0.4, 0.5) is 10.1 Å². The Kier molecular flexibility index (Phi) is 3.07. The lowest BCUT2D eigenvalue weighted by atomic mass is 10.1. The van der Waals surface area contributed by atoms with Crippen molar-refractivity contribution in [3.05, 3.63) is 53.5 Å². The zero-order chi connectivity index (χ0) is 13.2. The predicted molar refractivity (Wildman–Crippen MR) is 72.0 cm³/mol. The van der Waals surface area contributed by atoms with E-state index in [0.29, 0.717) is 5.88 Å². The monoisotopic (exact) mass is 258 g/mol. The third-order valence-electron chi connectivity index (χ3n) is 3.12. The molecule has 0 amide bonds. The molecule has 2 aromatic rings. The molecule has 1 aliphatic heterocycles. The van der Waals surface area contributed by atoms with Gasteiger partial charge in [-0.1, -0.05) is 12.1 Å². The van der Waals surface area contributed by atoms with Crippen LogP contribution in [0.1, 0.15) is 18.1 Å². The third-order valence-corrected chi connectivity index (χ3v) is 3.12. The summed E-state index contributed by atoms with van der Waals surface area (Å²) in [6.45, 7) is 2.79. The van der Waals surface area contributed by atoms with E-state index >= 15 is 0 Å². The maximum atomic E-state index is 12.8. The smallest absolute Gasteiger partial charge is 0.237 e. The predicted octanol–water partition coefficient (Wildman–Crippen LogP) is 3.00. The summed E-state index contributed by atoms with van der Waals surface area (Å²) in [7, 11) is 0. The molecule has 0 bridgehead atoms. The molecule has 2 heterocycles. The van der Waals surface area contributed by atoms with Crippen molar-refractivity contribution in [1.82, 2.24) is 4.98 Å². The van der Waals surface area contributed by atoms with Gasteiger partial charge in [-0.15, -0.1) is 0 Å². The van der Waals surface area contributed by atoms with Crippen molar-refractivity contribution in [3.63, 3.8) is 0 Å². The number of benzene rings is 1. The van der Waals surface area contributed by atoms with Gasteiger partial charge in [-0.2, -0.15) is 0 Å². The summed E-state index contributed by atoms with van der Waals surface area (Å²) in [5.41, 5.74) is 3.07. The van der Waals surface area contributed by atoms with Crippen molar-refractivity contribution in [3.8, 4) is 5.88 Å². The van der Waals surface area contributed by atoms with Gasteiger partial charge in [0.05, 0.1) is 12.2 Å². The number of nitrogens with zero attached hydrogens (tertiary/aromatic N) is 1. The fraction of sp³-hybridized carbons (Fsp3) is 0.267. The van der Waals surface area contributed by atoms with Gasteiger partial charge in [0.1, 0.15) is 11.9 Å². The molecule has 1 aliphatic rings. The molecule has 0 fully saturated rings. The second kappa shape index (κ2) is 4.88. The van der Waals surface area contributed by atoms with E-state index in [1.165, 1.54) is 12.1 Å². The Balaban J connectivity index is 1.80. The second-order valence-corrected chi connectivity index (χ2v) is 4.81. The molecule has 0 saturated heterocycles. The van der Waals surface area contributed by atoms with Crippen molar-refractivity contribution in [2.24, 2.45) is 0 Å². The molecule has 0 saturated carbocycles. The Morgan fingerprint density at radius 3 is 2.89 bits per heavy atom. The lowest BCUT2D eigenvalue weighted by Gasteiger charge is -2.24. The van der Waals surface area contributed by atoms with Crippen LogP contribution < -0.4 is 10.1 Å². The van der Waals surface area contributed by atoms with Crippen LogP contribution in [0, 0.1) is 5.82 Å². The van der Waals surface area contributed by atoms with Gasteiger partial charge in [-0.05, 0) is 42.7 Å². The lowest BCUT2D eigenvalue weighted by molar-refractivity contribution is 0.216. The Morgan fingerprint density at radius 1 is 1.32 bits per heavy atom. The molecular formula is C15H15FN2O. The van der Waals surface area contributed by atoms with Gasteiger partial charge in [-0.3, -0.25) is 0 Å². The van der Waals surface area contributed by atoms with Crippen LogP contribution in [0.3, 0.4) is 0 Å². The minimum absolute atomic E-state index is 0.142. The van der Waals surface area contributed by atoms with Crippen molar-refractivity contribution in [1.29, 1.82) is 0 Å². The molecule has 1 aromatic heterocycles. The third kappa shape index (κ3) is 2.67. The van der Waals surface area contributed by atoms with Crippen LogP contribution in [0.15, 0.2) is 36.5 Å². The standard InChI is InChI=1S/C15H15FN2O/c1-10-8-17-14-7-12(9-18-15(14)19-10)6-11-2-4-13(16)5-3-11/h2-5,7,9-10,17H,6,8H2,1H3. The summed E-state index contributed by atoms with van der Waals surface area (Å²) in [5, 5.41) is 3.30. The Labute approximate surface area is 111 Å². The molecule has 1 atom stereocenters. The maximum Gasteiger partial charge on any atom is 0.237 e. The zero-order valence-corrected chi connectivity index (χ0v) is 10.7. The summed E-state index contributed by atoms with van der Waals surface area (Å²) >= 11 is 0.